The Bertz CT molecular complexity index is 561. The zero-order chi connectivity index (χ0) is 12.4. The zero-order valence-electron chi connectivity index (χ0n) is 9.64. The van der Waals surface area contributed by atoms with Crippen LogP contribution in [-0.2, 0) is 7.05 Å². The summed E-state index contributed by atoms with van der Waals surface area (Å²) in [6, 6.07) is 3.73. The molecule has 0 atom stereocenters. The first kappa shape index (κ1) is 11.7. The van der Waals surface area contributed by atoms with Crippen LogP contribution in [-0.4, -0.2) is 20.6 Å². The summed E-state index contributed by atoms with van der Waals surface area (Å²) in [6.07, 6.45) is 3.35. The van der Waals surface area contributed by atoms with E-state index in [2.05, 4.69) is 10.1 Å². The number of amidine groups is 1. The normalized spacial score (nSPS) is 10.5. The smallest absolute Gasteiger partial charge is 0.124 e. The van der Waals surface area contributed by atoms with E-state index in [0.717, 1.165) is 15.6 Å². The van der Waals surface area contributed by atoms with Crippen molar-refractivity contribution in [2.24, 2.45) is 12.8 Å². The third-order valence-electron chi connectivity index (χ3n) is 2.25. The molecule has 0 bridgehead atoms. The highest BCUT2D eigenvalue weighted by atomic mass is 32.2. The molecule has 0 amide bonds. The van der Waals surface area contributed by atoms with Crippen LogP contribution in [0.4, 0.5) is 0 Å². The fourth-order valence-corrected chi connectivity index (χ4v) is 2.51. The van der Waals surface area contributed by atoms with Crippen molar-refractivity contribution in [1.82, 2.24) is 14.8 Å². The van der Waals surface area contributed by atoms with Crippen LogP contribution in [0.5, 0.6) is 0 Å². The molecule has 0 aromatic carbocycles. The van der Waals surface area contributed by atoms with Crippen molar-refractivity contribution in [1.29, 1.82) is 5.41 Å². The molecule has 0 fully saturated rings. The molecule has 0 aliphatic heterocycles. The van der Waals surface area contributed by atoms with Gasteiger partial charge < -0.3 is 5.73 Å². The first-order valence-corrected chi connectivity index (χ1v) is 5.86. The van der Waals surface area contributed by atoms with Crippen LogP contribution >= 0.6 is 11.8 Å². The lowest BCUT2D eigenvalue weighted by Gasteiger charge is -2.06. The largest absolute Gasteiger partial charge is 0.384 e. The highest BCUT2D eigenvalue weighted by Crippen LogP contribution is 2.29. The standard InChI is InChI=1S/C11H13N5S/c1-7-5-10(16(2)15-7)17-9-6-14-4-3-8(9)11(12)13/h3-6H,1-2H3,(H3,12,13). The zero-order valence-corrected chi connectivity index (χ0v) is 10.5. The van der Waals surface area contributed by atoms with Crippen molar-refractivity contribution in [3.8, 4) is 0 Å². The lowest BCUT2D eigenvalue weighted by molar-refractivity contribution is 0.692. The minimum absolute atomic E-state index is 0.0498. The van der Waals surface area contributed by atoms with Gasteiger partial charge in [-0.1, -0.05) is 11.8 Å². The monoisotopic (exact) mass is 247 g/mol. The van der Waals surface area contributed by atoms with E-state index in [4.69, 9.17) is 11.1 Å². The molecule has 0 aliphatic rings. The Morgan fingerprint density at radius 3 is 2.88 bits per heavy atom. The van der Waals surface area contributed by atoms with E-state index in [1.165, 1.54) is 11.8 Å². The van der Waals surface area contributed by atoms with Crippen molar-refractivity contribution in [3.05, 3.63) is 35.8 Å². The summed E-state index contributed by atoms with van der Waals surface area (Å²) in [5, 5.41) is 12.8. The number of nitrogens with one attached hydrogen (secondary N) is 1. The van der Waals surface area contributed by atoms with Gasteiger partial charge in [0, 0.05) is 29.9 Å². The van der Waals surface area contributed by atoms with Crippen LogP contribution in [0.15, 0.2) is 34.4 Å². The molecule has 2 rings (SSSR count). The molecule has 17 heavy (non-hydrogen) atoms. The molecule has 0 saturated carbocycles. The summed E-state index contributed by atoms with van der Waals surface area (Å²) < 4.78 is 1.80. The van der Waals surface area contributed by atoms with Gasteiger partial charge in [-0.25, -0.2) is 0 Å². The van der Waals surface area contributed by atoms with E-state index < -0.39 is 0 Å². The predicted octanol–water partition coefficient (Wildman–Crippen LogP) is 1.56. The van der Waals surface area contributed by atoms with Gasteiger partial charge in [0.2, 0.25) is 0 Å². The lowest BCUT2D eigenvalue weighted by Crippen LogP contribution is -2.12. The number of hydrogen-bond acceptors (Lipinski definition) is 4. The number of aryl methyl sites for hydroxylation is 2. The van der Waals surface area contributed by atoms with E-state index in [0.29, 0.717) is 5.56 Å². The summed E-state index contributed by atoms with van der Waals surface area (Å²) in [6.45, 7) is 1.94. The van der Waals surface area contributed by atoms with Crippen LogP contribution < -0.4 is 5.73 Å². The number of hydrogen-bond donors (Lipinski definition) is 2. The second kappa shape index (κ2) is 4.58. The number of nitrogen functional groups attached to an aromatic ring is 1. The van der Waals surface area contributed by atoms with Crippen molar-refractivity contribution in [3.63, 3.8) is 0 Å². The van der Waals surface area contributed by atoms with Gasteiger partial charge in [-0.3, -0.25) is 15.1 Å². The summed E-state index contributed by atoms with van der Waals surface area (Å²) in [5.74, 6) is 0.0498. The van der Waals surface area contributed by atoms with Crippen molar-refractivity contribution in [2.75, 3.05) is 0 Å². The first-order valence-electron chi connectivity index (χ1n) is 5.05. The summed E-state index contributed by atoms with van der Waals surface area (Å²) in [4.78, 5) is 4.92. The van der Waals surface area contributed by atoms with E-state index in [1.807, 2.05) is 20.0 Å². The number of nitrogens with zero attached hydrogens (tertiary/aromatic N) is 3. The third-order valence-corrected chi connectivity index (χ3v) is 3.38. The number of pyridine rings is 1. The Hall–Kier alpha value is -1.82. The molecule has 0 radical (unpaired) electrons. The molecule has 2 heterocycles. The lowest BCUT2D eigenvalue weighted by atomic mass is 10.2. The van der Waals surface area contributed by atoms with Gasteiger partial charge in [0.25, 0.3) is 0 Å². The maximum absolute atomic E-state index is 7.52. The SMILES string of the molecule is Cc1cc(Sc2cnccc2C(=N)N)n(C)n1. The summed E-state index contributed by atoms with van der Waals surface area (Å²) >= 11 is 1.51. The van der Waals surface area contributed by atoms with Gasteiger partial charge in [0.1, 0.15) is 5.84 Å². The molecule has 5 nitrogen and oxygen atoms in total. The topological polar surface area (TPSA) is 80.6 Å². The quantitative estimate of drug-likeness (QED) is 0.637. The van der Waals surface area contributed by atoms with Crippen LogP contribution in [0.3, 0.4) is 0 Å². The molecule has 2 aromatic rings. The van der Waals surface area contributed by atoms with Crippen LogP contribution in [0.25, 0.3) is 0 Å². The molecule has 0 spiro atoms. The summed E-state index contributed by atoms with van der Waals surface area (Å²) in [7, 11) is 1.89. The highest BCUT2D eigenvalue weighted by molar-refractivity contribution is 7.99. The Labute approximate surface area is 104 Å². The number of aromatic nitrogens is 3. The average Bonchev–Trinajstić information content (AvgIpc) is 2.58. The Morgan fingerprint density at radius 2 is 2.29 bits per heavy atom. The van der Waals surface area contributed by atoms with Gasteiger partial charge >= 0.3 is 0 Å². The Morgan fingerprint density at radius 1 is 1.53 bits per heavy atom. The van der Waals surface area contributed by atoms with Gasteiger partial charge in [-0.2, -0.15) is 5.10 Å². The van der Waals surface area contributed by atoms with E-state index in [1.54, 1.807) is 23.1 Å². The highest BCUT2D eigenvalue weighted by Gasteiger charge is 2.10. The van der Waals surface area contributed by atoms with E-state index in [-0.39, 0.29) is 5.84 Å². The van der Waals surface area contributed by atoms with Gasteiger partial charge in [-0.15, -0.1) is 0 Å². The van der Waals surface area contributed by atoms with Crippen LogP contribution in [0.1, 0.15) is 11.3 Å². The van der Waals surface area contributed by atoms with Gasteiger partial charge in [0.05, 0.1) is 10.7 Å². The molecule has 88 valence electrons. The maximum atomic E-state index is 7.52. The van der Waals surface area contributed by atoms with Crippen LogP contribution in [0.2, 0.25) is 0 Å². The van der Waals surface area contributed by atoms with Crippen molar-refractivity contribution in [2.45, 2.75) is 16.8 Å². The fraction of sp³-hybridized carbons (Fsp3) is 0.182. The van der Waals surface area contributed by atoms with E-state index in [9.17, 15) is 0 Å². The fourth-order valence-electron chi connectivity index (χ4n) is 1.48. The minimum atomic E-state index is 0.0498. The Balaban J connectivity index is 2.36. The number of nitrogens with two attached hydrogens (primary N) is 1. The predicted molar refractivity (Wildman–Crippen MR) is 67.3 cm³/mol. The molecule has 2 aromatic heterocycles. The molecular weight excluding hydrogens is 234 g/mol. The second-order valence-electron chi connectivity index (χ2n) is 3.64. The molecule has 0 unspecified atom stereocenters. The van der Waals surface area contributed by atoms with Gasteiger partial charge in [-0.05, 0) is 19.1 Å². The van der Waals surface area contributed by atoms with Gasteiger partial charge in [0.15, 0.2) is 0 Å². The maximum Gasteiger partial charge on any atom is 0.124 e. The van der Waals surface area contributed by atoms with Crippen molar-refractivity contribution < 1.29 is 0 Å². The number of rotatable bonds is 3. The molecule has 3 N–H and O–H groups in total. The third kappa shape index (κ3) is 2.47. The first-order chi connectivity index (χ1) is 8.08. The summed E-state index contributed by atoms with van der Waals surface area (Å²) in [5.41, 5.74) is 7.19. The Kier molecular flexibility index (Phi) is 3.14. The average molecular weight is 247 g/mol. The minimum Gasteiger partial charge on any atom is -0.384 e. The molecule has 0 aliphatic carbocycles. The van der Waals surface area contributed by atoms with Crippen LogP contribution in [0, 0.1) is 12.3 Å². The molecule has 6 heteroatoms. The van der Waals surface area contributed by atoms with E-state index >= 15 is 0 Å². The van der Waals surface area contributed by atoms with Crippen molar-refractivity contribution >= 4 is 17.6 Å². The molecular formula is C11H13N5S. The molecule has 0 saturated heterocycles. The second-order valence-corrected chi connectivity index (χ2v) is 4.70.